The molecule has 3 aromatic carbocycles. The molecular weight excluding hydrogens is 599 g/mol. The normalized spacial score (nSPS) is 16.9. The second kappa shape index (κ2) is 13.7. The van der Waals surface area contributed by atoms with Crippen LogP contribution < -0.4 is 10.1 Å². The van der Waals surface area contributed by atoms with Gasteiger partial charge in [0.05, 0.1) is 5.57 Å². The van der Waals surface area contributed by atoms with Crippen molar-refractivity contribution in [2.24, 2.45) is 0 Å². The van der Waals surface area contributed by atoms with Gasteiger partial charge in [-0.3, -0.25) is 0 Å². The second-order valence-corrected chi connectivity index (χ2v) is 14.0. The van der Waals surface area contributed by atoms with E-state index in [0.29, 0.717) is 40.3 Å². The molecule has 1 aliphatic heterocycles. The lowest BCUT2D eigenvalue weighted by Crippen LogP contribution is -2.32. The summed E-state index contributed by atoms with van der Waals surface area (Å²) in [5.74, 6) is 1.03. The number of rotatable bonds is 9. The summed E-state index contributed by atoms with van der Waals surface area (Å²) in [6, 6.07) is 22.4. The molecule has 2 aliphatic rings. The summed E-state index contributed by atoms with van der Waals surface area (Å²) in [6.45, 7) is 8.93. The Morgan fingerprint density at radius 1 is 1.00 bits per heavy atom. The van der Waals surface area contributed by atoms with Crippen molar-refractivity contribution in [3.8, 4) is 5.75 Å². The SMILES string of the molecule is CC1=C(C(=O)OC2CCCCC2)C(c2ccc(OCc3ccc(C(C)(C)C)cc3)cc2)n2nc(SCc3ccccc3F)nc2N1. The highest BCUT2D eigenvalue weighted by atomic mass is 32.2. The lowest BCUT2D eigenvalue weighted by Gasteiger charge is -2.30. The van der Waals surface area contributed by atoms with E-state index in [-0.39, 0.29) is 23.3 Å². The molecule has 1 N–H and O–H groups in total. The van der Waals surface area contributed by atoms with Gasteiger partial charge in [0.1, 0.15) is 30.3 Å². The third kappa shape index (κ3) is 7.30. The van der Waals surface area contributed by atoms with Crippen molar-refractivity contribution in [1.29, 1.82) is 0 Å². The van der Waals surface area contributed by atoms with Gasteiger partial charge in [0.25, 0.3) is 0 Å². The largest absolute Gasteiger partial charge is 0.489 e. The van der Waals surface area contributed by atoms with Crippen LogP contribution in [0.1, 0.15) is 88.1 Å². The van der Waals surface area contributed by atoms with Crippen LogP contribution in [0.5, 0.6) is 5.75 Å². The van der Waals surface area contributed by atoms with Gasteiger partial charge in [0.2, 0.25) is 11.1 Å². The number of hydrogen-bond donors (Lipinski definition) is 1. The zero-order valence-electron chi connectivity index (χ0n) is 26.9. The van der Waals surface area contributed by atoms with Gasteiger partial charge >= 0.3 is 5.97 Å². The summed E-state index contributed by atoms with van der Waals surface area (Å²) in [6.07, 6.45) is 4.98. The molecule has 0 spiro atoms. The van der Waals surface area contributed by atoms with Crippen LogP contribution in [0.2, 0.25) is 0 Å². The molecule has 1 aromatic heterocycles. The number of nitrogens with zero attached hydrogens (tertiary/aromatic N) is 3. The number of aromatic nitrogens is 3. The van der Waals surface area contributed by atoms with Crippen LogP contribution in [0, 0.1) is 5.82 Å². The molecule has 1 aliphatic carbocycles. The van der Waals surface area contributed by atoms with Gasteiger partial charge in [0.15, 0.2) is 0 Å². The summed E-state index contributed by atoms with van der Waals surface area (Å²) < 4.78 is 28.2. The summed E-state index contributed by atoms with van der Waals surface area (Å²) in [4.78, 5) is 18.5. The first kappa shape index (κ1) is 31.9. The number of carbonyl (C=O) groups is 1. The van der Waals surface area contributed by atoms with Gasteiger partial charge < -0.3 is 14.8 Å². The van der Waals surface area contributed by atoms with Crippen LogP contribution in [-0.4, -0.2) is 26.8 Å². The van der Waals surface area contributed by atoms with E-state index in [4.69, 9.17) is 19.6 Å². The predicted molar refractivity (Wildman–Crippen MR) is 179 cm³/mol. The highest BCUT2D eigenvalue weighted by molar-refractivity contribution is 7.98. The van der Waals surface area contributed by atoms with Crippen LogP contribution >= 0.6 is 11.8 Å². The Morgan fingerprint density at radius 3 is 2.41 bits per heavy atom. The lowest BCUT2D eigenvalue weighted by molar-refractivity contribution is -0.146. The highest BCUT2D eigenvalue weighted by Gasteiger charge is 2.36. The van der Waals surface area contributed by atoms with Crippen molar-refractivity contribution in [1.82, 2.24) is 14.8 Å². The van der Waals surface area contributed by atoms with Gasteiger partial charge in [0, 0.05) is 11.4 Å². The number of anilines is 1. The Labute approximate surface area is 274 Å². The Kier molecular flexibility index (Phi) is 9.49. The van der Waals surface area contributed by atoms with Crippen molar-refractivity contribution >= 4 is 23.7 Å². The zero-order valence-corrected chi connectivity index (χ0v) is 27.7. The molecule has 46 heavy (non-hydrogen) atoms. The monoisotopic (exact) mass is 640 g/mol. The molecular formula is C37H41FN4O3S. The fraction of sp³-hybridized carbons (Fsp3) is 0.378. The molecule has 2 heterocycles. The molecule has 0 saturated heterocycles. The van der Waals surface area contributed by atoms with E-state index in [2.05, 4.69) is 50.4 Å². The number of fused-ring (bicyclic) bond motifs is 1. The maximum atomic E-state index is 14.3. The summed E-state index contributed by atoms with van der Waals surface area (Å²) in [7, 11) is 0. The standard InChI is InChI=1S/C37H41FN4O3S/c1-24-32(34(43)45-30-11-6-5-7-12-30)33(42-35(39-24)40-36(41-42)46-23-27-10-8-9-13-31(27)38)26-16-20-29(21-17-26)44-22-25-14-18-28(19-15-25)37(2,3)4/h8-10,13-21,30,33H,5-7,11-12,22-23H2,1-4H3,(H,39,40,41). The number of halogens is 1. The number of thioether (sulfide) groups is 1. The molecule has 7 nitrogen and oxygen atoms in total. The predicted octanol–water partition coefficient (Wildman–Crippen LogP) is 8.75. The van der Waals surface area contributed by atoms with Gasteiger partial charge in [-0.15, -0.1) is 5.10 Å². The van der Waals surface area contributed by atoms with Crippen LogP contribution in [0.4, 0.5) is 10.3 Å². The quantitative estimate of drug-likeness (QED) is 0.145. The first-order chi connectivity index (χ1) is 22.2. The minimum absolute atomic E-state index is 0.0838. The van der Waals surface area contributed by atoms with E-state index in [1.54, 1.807) is 16.8 Å². The van der Waals surface area contributed by atoms with Gasteiger partial charge in [-0.05, 0) is 78.5 Å². The first-order valence-electron chi connectivity index (χ1n) is 16.0. The van der Waals surface area contributed by atoms with Crippen molar-refractivity contribution in [3.05, 3.63) is 112 Å². The number of esters is 1. The summed E-state index contributed by atoms with van der Waals surface area (Å²) in [5.41, 5.74) is 5.09. The number of nitrogens with one attached hydrogen (secondary N) is 1. The molecule has 0 bridgehead atoms. The van der Waals surface area contributed by atoms with Crippen molar-refractivity contribution in [3.63, 3.8) is 0 Å². The maximum Gasteiger partial charge on any atom is 0.338 e. The molecule has 6 rings (SSSR count). The van der Waals surface area contributed by atoms with Crippen molar-refractivity contribution in [2.45, 2.75) is 94.9 Å². The molecule has 1 atom stereocenters. The molecule has 0 radical (unpaired) electrons. The maximum absolute atomic E-state index is 14.3. The summed E-state index contributed by atoms with van der Waals surface area (Å²) >= 11 is 1.35. The van der Waals surface area contributed by atoms with E-state index in [0.717, 1.165) is 42.6 Å². The Balaban J connectivity index is 1.24. The third-order valence-corrected chi connectivity index (χ3v) is 9.50. The minimum atomic E-state index is -0.554. The lowest BCUT2D eigenvalue weighted by atomic mass is 9.87. The van der Waals surface area contributed by atoms with Crippen LogP contribution in [0.15, 0.2) is 89.2 Å². The van der Waals surface area contributed by atoms with E-state index in [1.165, 1.54) is 29.8 Å². The molecule has 1 fully saturated rings. The fourth-order valence-corrected chi connectivity index (χ4v) is 6.75. The second-order valence-electron chi connectivity index (χ2n) is 13.1. The summed E-state index contributed by atoms with van der Waals surface area (Å²) in [5, 5.41) is 8.57. The average molecular weight is 641 g/mol. The first-order valence-corrected chi connectivity index (χ1v) is 17.0. The molecule has 0 amide bonds. The van der Waals surface area contributed by atoms with Crippen LogP contribution in [0.25, 0.3) is 0 Å². The van der Waals surface area contributed by atoms with Gasteiger partial charge in [-0.2, -0.15) is 4.98 Å². The number of benzene rings is 3. The van der Waals surface area contributed by atoms with Crippen molar-refractivity contribution in [2.75, 3.05) is 5.32 Å². The Morgan fingerprint density at radius 2 is 1.72 bits per heavy atom. The molecule has 240 valence electrons. The average Bonchev–Trinajstić information content (AvgIpc) is 3.45. The third-order valence-electron chi connectivity index (χ3n) is 8.61. The van der Waals surface area contributed by atoms with Gasteiger partial charge in [-0.25, -0.2) is 13.9 Å². The van der Waals surface area contributed by atoms with E-state index in [9.17, 15) is 9.18 Å². The molecule has 9 heteroatoms. The Hall–Kier alpha value is -4.11. The molecule has 1 unspecified atom stereocenters. The zero-order chi connectivity index (χ0) is 32.3. The number of allylic oxidation sites excluding steroid dienone is 1. The number of ether oxygens (including phenoxy) is 2. The molecule has 4 aromatic rings. The van der Waals surface area contributed by atoms with Crippen molar-refractivity contribution < 1.29 is 18.7 Å². The van der Waals surface area contributed by atoms with E-state index in [1.807, 2.05) is 37.3 Å². The number of carbonyl (C=O) groups excluding carboxylic acids is 1. The minimum Gasteiger partial charge on any atom is -0.489 e. The van der Waals surface area contributed by atoms with E-state index >= 15 is 0 Å². The van der Waals surface area contributed by atoms with Gasteiger partial charge in [-0.1, -0.05) is 93.6 Å². The Bertz CT molecular complexity index is 1700. The fourth-order valence-electron chi connectivity index (χ4n) is 5.93. The van der Waals surface area contributed by atoms with Crippen LogP contribution in [0.3, 0.4) is 0 Å². The topological polar surface area (TPSA) is 78.3 Å². The highest BCUT2D eigenvalue weighted by Crippen LogP contribution is 2.38. The molecule has 1 saturated carbocycles. The van der Waals surface area contributed by atoms with E-state index < -0.39 is 6.04 Å². The van der Waals surface area contributed by atoms with Crippen LogP contribution in [-0.2, 0) is 27.3 Å². The number of hydrogen-bond acceptors (Lipinski definition) is 7. The smallest absolute Gasteiger partial charge is 0.338 e.